The van der Waals surface area contributed by atoms with E-state index in [0.29, 0.717) is 19.1 Å². The first kappa shape index (κ1) is 16.9. The molecule has 3 N–H and O–H groups in total. The number of rotatable bonds is 6. The van der Waals surface area contributed by atoms with Crippen molar-refractivity contribution < 1.29 is 19.1 Å². The van der Waals surface area contributed by atoms with E-state index < -0.39 is 17.8 Å². The van der Waals surface area contributed by atoms with E-state index in [0.717, 1.165) is 18.2 Å². The molecular formula is C14H20FN3O3. The maximum atomic E-state index is 13.5. The number of benzene rings is 1. The van der Waals surface area contributed by atoms with Gasteiger partial charge in [-0.05, 0) is 39.1 Å². The predicted molar refractivity (Wildman–Crippen MR) is 78.1 cm³/mol. The van der Waals surface area contributed by atoms with Crippen LogP contribution in [0.3, 0.4) is 0 Å². The number of amides is 2. The molecule has 0 saturated carbocycles. The minimum atomic E-state index is -1.18. The smallest absolute Gasteiger partial charge is 0.335 e. The second-order valence-corrected chi connectivity index (χ2v) is 4.96. The highest BCUT2D eigenvalue weighted by Crippen LogP contribution is 2.16. The molecule has 0 aliphatic carbocycles. The topological polar surface area (TPSA) is 81.7 Å². The van der Waals surface area contributed by atoms with Gasteiger partial charge in [-0.15, -0.1) is 0 Å². The van der Waals surface area contributed by atoms with E-state index in [-0.39, 0.29) is 11.3 Å². The lowest BCUT2D eigenvalue weighted by Crippen LogP contribution is -2.38. The monoisotopic (exact) mass is 297 g/mol. The van der Waals surface area contributed by atoms with Gasteiger partial charge >= 0.3 is 12.0 Å². The third kappa shape index (κ3) is 5.39. The normalized spacial score (nSPS) is 10.8. The van der Waals surface area contributed by atoms with Crippen LogP contribution in [0, 0.1) is 5.82 Å². The van der Waals surface area contributed by atoms with Gasteiger partial charge in [0.05, 0.1) is 11.3 Å². The number of anilines is 1. The van der Waals surface area contributed by atoms with Crippen molar-refractivity contribution in [1.29, 1.82) is 0 Å². The van der Waals surface area contributed by atoms with Gasteiger partial charge in [0.1, 0.15) is 5.82 Å². The van der Waals surface area contributed by atoms with E-state index in [2.05, 4.69) is 10.6 Å². The molecule has 6 nitrogen and oxygen atoms in total. The highest BCUT2D eigenvalue weighted by Gasteiger charge is 2.11. The van der Waals surface area contributed by atoms with Gasteiger partial charge in [0, 0.05) is 19.1 Å². The lowest BCUT2D eigenvalue weighted by atomic mass is 10.2. The number of carbonyl (C=O) groups is 2. The molecule has 0 aliphatic rings. The Balaban J connectivity index is 2.55. The molecule has 0 heterocycles. The summed E-state index contributed by atoms with van der Waals surface area (Å²) >= 11 is 0. The zero-order valence-corrected chi connectivity index (χ0v) is 12.3. The van der Waals surface area contributed by atoms with E-state index in [1.54, 1.807) is 0 Å². The predicted octanol–water partition coefficient (Wildman–Crippen LogP) is 1.99. The maximum Gasteiger partial charge on any atom is 0.335 e. The van der Waals surface area contributed by atoms with Crippen LogP contribution >= 0.6 is 0 Å². The van der Waals surface area contributed by atoms with Crippen LogP contribution in [0.2, 0.25) is 0 Å². The van der Waals surface area contributed by atoms with E-state index in [1.165, 1.54) is 0 Å². The number of hydrogen-bond donors (Lipinski definition) is 3. The molecule has 0 unspecified atom stereocenters. The summed E-state index contributed by atoms with van der Waals surface area (Å²) in [5, 5.41) is 13.7. The number of hydrogen-bond acceptors (Lipinski definition) is 3. The van der Waals surface area contributed by atoms with Gasteiger partial charge in [0.25, 0.3) is 0 Å². The minimum Gasteiger partial charge on any atom is -0.478 e. The summed E-state index contributed by atoms with van der Waals surface area (Å²) in [5.41, 5.74) is -0.254. The van der Waals surface area contributed by atoms with Gasteiger partial charge in [-0.25, -0.2) is 14.0 Å². The van der Waals surface area contributed by atoms with Crippen molar-refractivity contribution in [2.75, 3.05) is 25.5 Å². The quantitative estimate of drug-likeness (QED) is 0.750. The van der Waals surface area contributed by atoms with Crippen LogP contribution in [0.5, 0.6) is 0 Å². The summed E-state index contributed by atoms with van der Waals surface area (Å²) in [5.74, 6) is -1.87. The van der Waals surface area contributed by atoms with Crippen molar-refractivity contribution in [3.63, 3.8) is 0 Å². The summed E-state index contributed by atoms with van der Waals surface area (Å²) in [7, 11) is 1.93. The minimum absolute atomic E-state index is 0.0914. The highest BCUT2D eigenvalue weighted by molar-refractivity contribution is 5.93. The van der Waals surface area contributed by atoms with Gasteiger partial charge < -0.3 is 20.6 Å². The molecule has 1 aromatic carbocycles. The molecule has 1 rings (SSSR count). The average Bonchev–Trinajstić information content (AvgIpc) is 2.40. The fourth-order valence-electron chi connectivity index (χ4n) is 1.52. The summed E-state index contributed by atoms with van der Waals surface area (Å²) in [6, 6.07) is 3.01. The lowest BCUT2D eigenvalue weighted by molar-refractivity contribution is 0.0697. The number of halogens is 1. The highest BCUT2D eigenvalue weighted by atomic mass is 19.1. The molecule has 0 aliphatic heterocycles. The molecule has 0 saturated heterocycles. The molecule has 0 fully saturated rings. The number of urea groups is 1. The van der Waals surface area contributed by atoms with Crippen molar-refractivity contribution in [3.8, 4) is 0 Å². The Bertz CT molecular complexity index is 520. The molecule has 2 amide bonds. The number of nitrogens with one attached hydrogen (secondary N) is 2. The fourth-order valence-corrected chi connectivity index (χ4v) is 1.52. The van der Waals surface area contributed by atoms with Gasteiger partial charge in [-0.2, -0.15) is 0 Å². The summed E-state index contributed by atoms with van der Waals surface area (Å²) < 4.78 is 13.5. The van der Waals surface area contributed by atoms with E-state index in [9.17, 15) is 14.0 Å². The Hall–Kier alpha value is -2.15. The first-order valence-electron chi connectivity index (χ1n) is 6.59. The van der Waals surface area contributed by atoms with E-state index in [1.807, 2.05) is 25.8 Å². The second kappa shape index (κ2) is 7.58. The van der Waals surface area contributed by atoms with E-state index >= 15 is 0 Å². The largest absolute Gasteiger partial charge is 0.478 e. The molecule has 7 heteroatoms. The number of carboxylic acid groups (broad SMARTS) is 1. The van der Waals surface area contributed by atoms with Gasteiger partial charge in [-0.3, -0.25) is 0 Å². The first-order valence-corrected chi connectivity index (χ1v) is 6.59. The van der Waals surface area contributed by atoms with Crippen molar-refractivity contribution in [3.05, 3.63) is 29.6 Å². The van der Waals surface area contributed by atoms with Crippen LogP contribution in [0.15, 0.2) is 18.2 Å². The molecule has 0 spiro atoms. The molecule has 0 radical (unpaired) electrons. The molecule has 0 atom stereocenters. The summed E-state index contributed by atoms with van der Waals surface area (Å²) in [6.45, 7) is 5.13. The number of carbonyl (C=O) groups excluding carboxylic acids is 1. The molecule has 0 bridgehead atoms. The molecule has 1 aromatic rings. The molecule has 21 heavy (non-hydrogen) atoms. The lowest BCUT2D eigenvalue weighted by Gasteiger charge is -2.20. The number of nitrogens with zero attached hydrogens (tertiary/aromatic N) is 1. The third-order valence-corrected chi connectivity index (χ3v) is 3.09. The zero-order chi connectivity index (χ0) is 16.0. The molecule has 116 valence electrons. The fraction of sp³-hybridized carbons (Fsp3) is 0.429. The maximum absolute atomic E-state index is 13.5. The van der Waals surface area contributed by atoms with Crippen molar-refractivity contribution in [2.24, 2.45) is 0 Å². The summed E-state index contributed by atoms with van der Waals surface area (Å²) in [4.78, 5) is 24.5. The van der Waals surface area contributed by atoms with Crippen LogP contribution in [-0.4, -0.2) is 48.2 Å². The number of aromatic carboxylic acids is 1. The number of likely N-dealkylation sites (N-methyl/N-ethyl adjacent to an activating group) is 1. The Kier molecular flexibility index (Phi) is 6.10. The van der Waals surface area contributed by atoms with Gasteiger partial charge in [-0.1, -0.05) is 0 Å². The first-order chi connectivity index (χ1) is 9.81. The Morgan fingerprint density at radius 2 is 2.05 bits per heavy atom. The average molecular weight is 297 g/mol. The van der Waals surface area contributed by atoms with Crippen LogP contribution in [0.1, 0.15) is 24.2 Å². The van der Waals surface area contributed by atoms with Gasteiger partial charge in [0.15, 0.2) is 0 Å². The third-order valence-electron chi connectivity index (χ3n) is 3.09. The molecule has 0 aromatic heterocycles. The standard InChI is InChI=1S/C14H20FN3O3/c1-9(2)18(3)7-6-16-14(21)17-12-8-10(13(19)20)4-5-11(12)15/h4-5,8-9H,6-7H2,1-3H3,(H,19,20)(H2,16,17,21). The Labute approximate surface area is 122 Å². The van der Waals surface area contributed by atoms with Crippen LogP contribution in [-0.2, 0) is 0 Å². The number of carboxylic acids is 1. The van der Waals surface area contributed by atoms with Gasteiger partial charge in [0.2, 0.25) is 0 Å². The van der Waals surface area contributed by atoms with Crippen molar-refractivity contribution in [1.82, 2.24) is 10.2 Å². The van der Waals surface area contributed by atoms with Crippen LogP contribution in [0.25, 0.3) is 0 Å². The zero-order valence-electron chi connectivity index (χ0n) is 12.3. The molecular weight excluding hydrogens is 277 g/mol. The van der Waals surface area contributed by atoms with Crippen LogP contribution in [0.4, 0.5) is 14.9 Å². The van der Waals surface area contributed by atoms with Crippen molar-refractivity contribution in [2.45, 2.75) is 19.9 Å². The van der Waals surface area contributed by atoms with E-state index in [4.69, 9.17) is 5.11 Å². The van der Waals surface area contributed by atoms with Crippen molar-refractivity contribution >= 4 is 17.7 Å². The van der Waals surface area contributed by atoms with Crippen LogP contribution < -0.4 is 10.6 Å². The SMILES string of the molecule is CC(C)N(C)CCNC(=O)Nc1cc(C(=O)O)ccc1F. The second-order valence-electron chi connectivity index (χ2n) is 4.96. The Morgan fingerprint density at radius 1 is 1.38 bits per heavy atom. The summed E-state index contributed by atoms with van der Waals surface area (Å²) in [6.07, 6.45) is 0. The Morgan fingerprint density at radius 3 is 2.62 bits per heavy atom.